The smallest absolute Gasteiger partial charge is 0.274 e. The molecule has 4 N–H and O–H groups in total. The number of aryl methyl sites for hydroxylation is 1. The van der Waals surface area contributed by atoms with E-state index in [2.05, 4.69) is 49.7 Å². The topological polar surface area (TPSA) is 197 Å². The minimum absolute atomic E-state index is 0.162. The molecule has 0 radical (unpaired) electrons. The number of ether oxygens (including phenoxy) is 3. The largest absolute Gasteiger partial charge is 0.475 e. The number of rotatable bonds is 23. The van der Waals surface area contributed by atoms with Crippen molar-refractivity contribution in [2.75, 3.05) is 61.7 Å². The number of unbranched alkanes of at least 4 members (excludes halogenated alkanes) is 2. The zero-order valence-electron chi connectivity index (χ0n) is 36.5. The van der Waals surface area contributed by atoms with E-state index in [-0.39, 0.29) is 29.5 Å². The highest BCUT2D eigenvalue weighted by Gasteiger charge is 2.25. The van der Waals surface area contributed by atoms with Gasteiger partial charge in [-0.2, -0.15) is 14.9 Å². The van der Waals surface area contributed by atoms with Gasteiger partial charge in [0.2, 0.25) is 5.88 Å². The summed E-state index contributed by atoms with van der Waals surface area (Å²) in [4.78, 5) is 41.0. The predicted molar refractivity (Wildman–Crippen MR) is 249 cm³/mol. The van der Waals surface area contributed by atoms with Crippen LogP contribution < -0.4 is 31.4 Å². The van der Waals surface area contributed by atoms with Crippen molar-refractivity contribution in [3.05, 3.63) is 115 Å². The molecule has 5 aromatic heterocycles. The third kappa shape index (κ3) is 11.6. The normalized spacial score (nSPS) is 14.5. The highest BCUT2D eigenvalue weighted by molar-refractivity contribution is 6.31. The monoisotopic (exact) mass is 892 g/mol. The van der Waals surface area contributed by atoms with Crippen molar-refractivity contribution in [3.8, 4) is 11.9 Å². The van der Waals surface area contributed by atoms with Crippen LogP contribution in [0, 0.1) is 11.3 Å². The van der Waals surface area contributed by atoms with E-state index in [0.717, 1.165) is 85.3 Å². The van der Waals surface area contributed by atoms with E-state index >= 15 is 0 Å². The average Bonchev–Trinajstić information content (AvgIpc) is 3.73. The van der Waals surface area contributed by atoms with Crippen molar-refractivity contribution >= 4 is 45.5 Å². The van der Waals surface area contributed by atoms with E-state index in [4.69, 9.17) is 30.8 Å². The maximum atomic E-state index is 13.4. The molecule has 17 heteroatoms. The van der Waals surface area contributed by atoms with E-state index < -0.39 is 6.04 Å². The quantitative estimate of drug-likeness (QED) is 0.0480. The van der Waals surface area contributed by atoms with Gasteiger partial charge in [-0.05, 0) is 100 Å². The van der Waals surface area contributed by atoms with Gasteiger partial charge in [-0.15, -0.1) is 0 Å². The molecule has 0 unspecified atom stereocenters. The molecule has 0 spiro atoms. The maximum Gasteiger partial charge on any atom is 0.274 e. The highest BCUT2D eigenvalue weighted by Crippen LogP contribution is 2.29. The van der Waals surface area contributed by atoms with Gasteiger partial charge in [-0.1, -0.05) is 24.6 Å². The summed E-state index contributed by atoms with van der Waals surface area (Å²) in [5.74, 6) is 2.28. The number of nitrogens with zero attached hydrogens (tertiary/aromatic N) is 7. The van der Waals surface area contributed by atoms with Crippen molar-refractivity contribution in [1.29, 1.82) is 5.26 Å². The molecule has 16 nitrogen and oxygen atoms in total. The fourth-order valence-electron chi connectivity index (χ4n) is 8.08. The first-order valence-electron chi connectivity index (χ1n) is 22.2. The molecular weight excluding hydrogens is 836 g/mol. The molecule has 6 heterocycles. The lowest BCUT2D eigenvalue weighted by atomic mass is 9.99. The first-order chi connectivity index (χ1) is 31.3. The number of aromatic nitrogens is 6. The maximum absolute atomic E-state index is 13.4. The number of nitriles is 1. The summed E-state index contributed by atoms with van der Waals surface area (Å²) in [6.07, 6.45) is 10.8. The summed E-state index contributed by atoms with van der Waals surface area (Å²) in [5, 5.41) is 32.1. The summed E-state index contributed by atoms with van der Waals surface area (Å²) < 4.78 is 20.6. The van der Waals surface area contributed by atoms with Crippen LogP contribution in [0.4, 0.5) is 17.3 Å². The van der Waals surface area contributed by atoms with E-state index in [9.17, 15) is 20.0 Å². The van der Waals surface area contributed by atoms with Crippen LogP contribution >= 0.6 is 11.6 Å². The lowest BCUT2D eigenvalue weighted by Gasteiger charge is -2.36. The SMILES string of the molecule is CCc1cnn2c(NCc3ccc(OCCOCCOCCCCCn4c(C#N)ccc(N[C@@H](C)c5cc6cc(Cl)ccc6[nH]c5=O)c4=O)nc3)cc(N3CCCC[C@H]3CCO)nc12. The molecule has 2 atom stereocenters. The van der Waals surface area contributed by atoms with Crippen molar-refractivity contribution in [2.24, 2.45) is 0 Å². The molecule has 0 saturated carbocycles. The Morgan fingerprint density at radius 2 is 1.84 bits per heavy atom. The summed E-state index contributed by atoms with van der Waals surface area (Å²) in [6, 6.07) is 18.0. The Labute approximate surface area is 377 Å². The average molecular weight is 893 g/mol. The number of pyridine rings is 3. The van der Waals surface area contributed by atoms with E-state index in [1.165, 1.54) is 4.57 Å². The molecule has 1 fully saturated rings. The van der Waals surface area contributed by atoms with Crippen LogP contribution in [0.3, 0.4) is 0 Å². The molecule has 7 rings (SSSR count). The molecular formula is C47H57ClN10O6. The Balaban J connectivity index is 0.782. The van der Waals surface area contributed by atoms with Crippen LogP contribution in [0.5, 0.6) is 5.88 Å². The fourth-order valence-corrected chi connectivity index (χ4v) is 8.26. The summed E-state index contributed by atoms with van der Waals surface area (Å²) in [6.45, 7) is 8.09. The van der Waals surface area contributed by atoms with E-state index in [1.54, 1.807) is 42.6 Å². The summed E-state index contributed by atoms with van der Waals surface area (Å²) in [5.41, 5.74) is 4.08. The molecule has 338 valence electrons. The van der Waals surface area contributed by atoms with E-state index in [1.807, 2.05) is 29.8 Å². The minimum atomic E-state index is -0.477. The standard InChI is InChI=1S/C47H57ClN10O6/c1-3-34-31-52-58-42(27-43(55-45(34)58)56-17-7-5-9-37(56)16-19-59)50-29-33-10-15-44(51-30-33)64-24-23-63-22-21-62-20-8-4-6-18-57-38(28-49)12-14-41(47(57)61)53-32(2)39-26-35-25-36(48)11-13-40(35)54-46(39)60/h10-15,25-27,30-32,37,50,53,59H,3-9,16-24,29H2,1-2H3,(H,54,60)/t32-,37-/m0/s1. The van der Waals surface area contributed by atoms with Crippen LogP contribution in [0.1, 0.15) is 87.2 Å². The summed E-state index contributed by atoms with van der Waals surface area (Å²) >= 11 is 6.16. The van der Waals surface area contributed by atoms with Crippen LogP contribution in [-0.2, 0) is 29.0 Å². The van der Waals surface area contributed by atoms with Crippen LogP contribution in [0.2, 0.25) is 5.02 Å². The molecule has 0 aliphatic carbocycles. The second-order valence-electron chi connectivity index (χ2n) is 16.0. The zero-order valence-corrected chi connectivity index (χ0v) is 37.3. The van der Waals surface area contributed by atoms with Gasteiger partial charge in [0.05, 0.1) is 32.1 Å². The fraction of sp³-hybridized carbons (Fsp3) is 0.447. The van der Waals surface area contributed by atoms with Crippen molar-refractivity contribution in [2.45, 2.75) is 90.4 Å². The number of fused-ring (bicyclic) bond motifs is 2. The van der Waals surface area contributed by atoms with Crippen LogP contribution in [0.15, 0.2) is 76.6 Å². The third-order valence-corrected chi connectivity index (χ3v) is 11.8. The molecule has 0 bridgehead atoms. The van der Waals surface area contributed by atoms with Gasteiger partial charge in [0.15, 0.2) is 5.65 Å². The summed E-state index contributed by atoms with van der Waals surface area (Å²) in [7, 11) is 0. The molecule has 1 aliphatic heterocycles. The first-order valence-corrected chi connectivity index (χ1v) is 22.6. The molecule has 1 saturated heterocycles. The molecule has 6 aromatic rings. The number of hydrogen-bond acceptors (Lipinski definition) is 13. The van der Waals surface area contributed by atoms with Crippen LogP contribution in [0.25, 0.3) is 16.6 Å². The second-order valence-corrected chi connectivity index (χ2v) is 16.4. The van der Waals surface area contributed by atoms with Crippen molar-refractivity contribution in [3.63, 3.8) is 0 Å². The van der Waals surface area contributed by atoms with Crippen molar-refractivity contribution in [1.82, 2.24) is 29.1 Å². The number of anilines is 3. The highest BCUT2D eigenvalue weighted by atomic mass is 35.5. The Hall–Kier alpha value is -5.99. The Morgan fingerprint density at radius 1 is 1.00 bits per heavy atom. The number of aliphatic hydroxyl groups is 1. The third-order valence-electron chi connectivity index (χ3n) is 11.5. The van der Waals surface area contributed by atoms with Gasteiger partial charge in [0, 0.05) is 84.3 Å². The van der Waals surface area contributed by atoms with Crippen molar-refractivity contribution < 1.29 is 19.3 Å². The second kappa shape index (κ2) is 22.6. The number of aliphatic hydroxyl groups excluding tert-OH is 1. The Kier molecular flexibility index (Phi) is 16.2. The number of H-pyrrole nitrogens is 1. The van der Waals surface area contributed by atoms with Gasteiger partial charge in [0.25, 0.3) is 11.1 Å². The zero-order chi connectivity index (χ0) is 44.8. The number of benzene rings is 1. The van der Waals surface area contributed by atoms with Gasteiger partial charge < -0.3 is 39.8 Å². The number of aromatic amines is 1. The van der Waals surface area contributed by atoms with Crippen LogP contribution in [-0.4, -0.2) is 86.5 Å². The van der Waals surface area contributed by atoms with Gasteiger partial charge in [0.1, 0.15) is 35.7 Å². The number of piperidine rings is 1. The van der Waals surface area contributed by atoms with Gasteiger partial charge in [-0.3, -0.25) is 14.2 Å². The molecule has 64 heavy (non-hydrogen) atoms. The molecule has 1 aliphatic rings. The molecule has 1 aromatic carbocycles. The Bertz CT molecular complexity index is 2640. The lowest BCUT2D eigenvalue weighted by Crippen LogP contribution is -2.40. The predicted octanol–water partition coefficient (Wildman–Crippen LogP) is 7.02. The first kappa shape index (κ1) is 46.0. The Morgan fingerprint density at radius 3 is 2.64 bits per heavy atom. The van der Waals surface area contributed by atoms with Gasteiger partial charge in [-0.25, -0.2) is 9.97 Å². The van der Waals surface area contributed by atoms with E-state index in [0.29, 0.717) is 80.2 Å². The molecule has 0 amide bonds. The number of hydrogen-bond donors (Lipinski definition) is 4. The minimum Gasteiger partial charge on any atom is -0.475 e. The number of nitrogens with one attached hydrogen (secondary N) is 3. The van der Waals surface area contributed by atoms with Gasteiger partial charge >= 0.3 is 0 Å². The lowest BCUT2D eigenvalue weighted by molar-refractivity contribution is 0.0347. The number of halogens is 1.